The van der Waals surface area contributed by atoms with Crippen LogP contribution < -0.4 is 4.90 Å². The molecule has 0 radical (unpaired) electrons. The predicted molar refractivity (Wildman–Crippen MR) is 126 cm³/mol. The van der Waals surface area contributed by atoms with Gasteiger partial charge >= 0.3 is 5.97 Å². The van der Waals surface area contributed by atoms with Gasteiger partial charge in [0.1, 0.15) is 0 Å². The van der Waals surface area contributed by atoms with Gasteiger partial charge in [0.2, 0.25) is 5.76 Å². The van der Waals surface area contributed by atoms with E-state index in [2.05, 4.69) is 4.90 Å². The molecule has 0 bridgehead atoms. The second-order valence-electron chi connectivity index (χ2n) is 8.04. The Kier molecular flexibility index (Phi) is 7.02. The van der Waals surface area contributed by atoms with Crippen molar-refractivity contribution >= 4 is 27.4 Å². The molecule has 1 atom stereocenters. The SMILES string of the molecule is CC(OC(=O)c1occc1CS(=O)(=O)c1ccccc1)C(=O)N1CCN(c2ccccc2)CC1. The lowest BCUT2D eigenvalue weighted by molar-refractivity contribution is -0.140. The van der Waals surface area contributed by atoms with Gasteiger partial charge in [-0.1, -0.05) is 36.4 Å². The molecule has 3 aromatic rings. The molecule has 1 aromatic heterocycles. The van der Waals surface area contributed by atoms with Crippen LogP contribution in [0.3, 0.4) is 0 Å². The number of rotatable bonds is 7. The molecular formula is C25H26N2O6S. The second-order valence-corrected chi connectivity index (χ2v) is 10.0. The minimum Gasteiger partial charge on any atom is -0.457 e. The van der Waals surface area contributed by atoms with Crippen LogP contribution in [0.2, 0.25) is 0 Å². The van der Waals surface area contributed by atoms with E-state index >= 15 is 0 Å². The first-order chi connectivity index (χ1) is 16.3. The maximum atomic E-state index is 12.8. The smallest absolute Gasteiger partial charge is 0.375 e. The summed E-state index contributed by atoms with van der Waals surface area (Å²) in [6, 6.07) is 19.4. The van der Waals surface area contributed by atoms with Crippen molar-refractivity contribution in [3.05, 3.63) is 84.3 Å². The first kappa shape index (κ1) is 23.6. The van der Waals surface area contributed by atoms with Crippen molar-refractivity contribution in [1.82, 2.24) is 4.90 Å². The van der Waals surface area contributed by atoms with Crippen molar-refractivity contribution in [2.75, 3.05) is 31.1 Å². The molecule has 34 heavy (non-hydrogen) atoms. The number of ether oxygens (including phenoxy) is 1. The number of carbonyl (C=O) groups excluding carboxylic acids is 2. The average Bonchev–Trinajstić information content (AvgIpc) is 3.32. The van der Waals surface area contributed by atoms with E-state index in [1.165, 1.54) is 31.4 Å². The number of nitrogens with zero attached hydrogens (tertiary/aromatic N) is 2. The van der Waals surface area contributed by atoms with Crippen LogP contribution in [0.5, 0.6) is 0 Å². The number of esters is 1. The monoisotopic (exact) mass is 482 g/mol. The molecule has 0 N–H and O–H groups in total. The Hall–Kier alpha value is -3.59. The Morgan fingerprint density at radius 1 is 0.941 bits per heavy atom. The van der Waals surface area contributed by atoms with E-state index in [9.17, 15) is 18.0 Å². The third-order valence-electron chi connectivity index (χ3n) is 5.72. The van der Waals surface area contributed by atoms with Crippen molar-refractivity contribution in [2.24, 2.45) is 0 Å². The molecule has 4 rings (SSSR count). The largest absolute Gasteiger partial charge is 0.457 e. The number of sulfone groups is 1. The van der Waals surface area contributed by atoms with Crippen molar-refractivity contribution in [2.45, 2.75) is 23.7 Å². The second kappa shape index (κ2) is 10.1. The number of para-hydroxylation sites is 1. The van der Waals surface area contributed by atoms with Crippen LogP contribution in [0.1, 0.15) is 23.0 Å². The van der Waals surface area contributed by atoms with E-state index in [-0.39, 0.29) is 22.1 Å². The Balaban J connectivity index is 1.35. The third kappa shape index (κ3) is 5.31. The van der Waals surface area contributed by atoms with Gasteiger partial charge < -0.3 is 19.0 Å². The van der Waals surface area contributed by atoms with E-state index in [1.54, 1.807) is 23.1 Å². The fraction of sp³-hybridized carbons (Fsp3) is 0.280. The summed E-state index contributed by atoms with van der Waals surface area (Å²) in [6.45, 7) is 3.88. The summed E-state index contributed by atoms with van der Waals surface area (Å²) in [5.74, 6) is -1.80. The zero-order valence-corrected chi connectivity index (χ0v) is 19.6. The van der Waals surface area contributed by atoms with E-state index < -0.39 is 27.7 Å². The van der Waals surface area contributed by atoms with Gasteiger partial charge in [-0.05, 0) is 37.3 Å². The fourth-order valence-corrected chi connectivity index (χ4v) is 5.26. The number of hydrogen-bond donors (Lipinski definition) is 0. The number of hydrogen-bond acceptors (Lipinski definition) is 7. The van der Waals surface area contributed by atoms with Gasteiger partial charge in [-0.2, -0.15) is 0 Å². The molecule has 9 heteroatoms. The molecule has 178 valence electrons. The van der Waals surface area contributed by atoms with Crippen LogP contribution in [-0.2, 0) is 25.1 Å². The van der Waals surface area contributed by atoms with Crippen molar-refractivity contribution in [1.29, 1.82) is 0 Å². The molecule has 2 heterocycles. The van der Waals surface area contributed by atoms with E-state index in [1.807, 2.05) is 30.3 Å². The topological polar surface area (TPSA) is 97.1 Å². The van der Waals surface area contributed by atoms with E-state index in [0.29, 0.717) is 26.2 Å². The van der Waals surface area contributed by atoms with Crippen LogP contribution in [-0.4, -0.2) is 57.5 Å². The number of anilines is 1. The number of benzene rings is 2. The van der Waals surface area contributed by atoms with Crippen LogP contribution >= 0.6 is 0 Å². The molecule has 1 amide bonds. The lowest BCUT2D eigenvalue weighted by atomic mass is 10.2. The standard InChI is InChI=1S/C25H26N2O6S/c1-19(24(28)27-15-13-26(14-16-27)21-8-4-2-5-9-21)33-25(29)23-20(12-17-32-23)18-34(30,31)22-10-6-3-7-11-22/h2-12,17,19H,13-16,18H2,1H3. The Bertz CT molecular complexity index is 1230. The van der Waals surface area contributed by atoms with Crippen molar-refractivity contribution in [3.63, 3.8) is 0 Å². The Morgan fingerprint density at radius 2 is 1.56 bits per heavy atom. The molecule has 1 unspecified atom stereocenters. The quantitative estimate of drug-likeness (QED) is 0.477. The summed E-state index contributed by atoms with van der Waals surface area (Å²) in [4.78, 5) is 29.6. The summed E-state index contributed by atoms with van der Waals surface area (Å²) in [5.41, 5.74) is 1.29. The molecule has 1 fully saturated rings. The highest BCUT2D eigenvalue weighted by Gasteiger charge is 2.30. The van der Waals surface area contributed by atoms with Crippen LogP contribution in [0, 0.1) is 0 Å². The van der Waals surface area contributed by atoms with Crippen LogP contribution in [0.15, 0.2) is 82.3 Å². The predicted octanol–water partition coefficient (Wildman–Crippen LogP) is 3.15. The zero-order chi connectivity index (χ0) is 24.1. The maximum absolute atomic E-state index is 12.8. The molecule has 8 nitrogen and oxygen atoms in total. The lowest BCUT2D eigenvalue weighted by Crippen LogP contribution is -2.51. The molecule has 0 spiro atoms. The number of amides is 1. The summed E-state index contributed by atoms with van der Waals surface area (Å²) in [7, 11) is -3.68. The number of carbonyl (C=O) groups is 2. The first-order valence-corrected chi connectivity index (χ1v) is 12.6. The lowest BCUT2D eigenvalue weighted by Gasteiger charge is -2.37. The summed E-state index contributed by atoms with van der Waals surface area (Å²) < 4.78 is 35.9. The molecule has 0 aliphatic carbocycles. The minimum absolute atomic E-state index is 0.147. The fourth-order valence-electron chi connectivity index (χ4n) is 3.89. The first-order valence-electron chi connectivity index (χ1n) is 11.0. The van der Waals surface area contributed by atoms with Gasteiger partial charge in [-0.25, -0.2) is 13.2 Å². The molecule has 0 saturated carbocycles. The number of furan rings is 1. The normalized spacial score (nSPS) is 15.1. The highest BCUT2D eigenvalue weighted by Crippen LogP contribution is 2.21. The van der Waals surface area contributed by atoms with Crippen LogP contribution in [0.25, 0.3) is 0 Å². The van der Waals surface area contributed by atoms with E-state index in [4.69, 9.17) is 9.15 Å². The summed E-state index contributed by atoms with van der Waals surface area (Å²) in [6.07, 6.45) is 0.210. The van der Waals surface area contributed by atoms with Gasteiger partial charge in [-0.3, -0.25) is 4.79 Å². The van der Waals surface area contributed by atoms with Crippen LogP contribution in [0.4, 0.5) is 5.69 Å². The highest BCUT2D eigenvalue weighted by atomic mass is 32.2. The van der Waals surface area contributed by atoms with Crippen molar-refractivity contribution < 1.29 is 27.2 Å². The van der Waals surface area contributed by atoms with Gasteiger partial charge in [0.15, 0.2) is 15.9 Å². The van der Waals surface area contributed by atoms with Gasteiger partial charge in [0.25, 0.3) is 5.91 Å². The summed E-state index contributed by atoms with van der Waals surface area (Å²) in [5, 5.41) is 0. The highest BCUT2D eigenvalue weighted by molar-refractivity contribution is 7.90. The van der Waals surface area contributed by atoms with Gasteiger partial charge in [0.05, 0.1) is 16.9 Å². The average molecular weight is 483 g/mol. The maximum Gasteiger partial charge on any atom is 0.375 e. The van der Waals surface area contributed by atoms with Gasteiger partial charge in [0, 0.05) is 37.4 Å². The minimum atomic E-state index is -3.68. The van der Waals surface area contributed by atoms with E-state index in [0.717, 1.165) is 5.69 Å². The Labute approximate surface area is 198 Å². The van der Waals surface area contributed by atoms with Gasteiger partial charge in [-0.15, -0.1) is 0 Å². The third-order valence-corrected chi connectivity index (χ3v) is 7.41. The van der Waals surface area contributed by atoms with Crippen molar-refractivity contribution in [3.8, 4) is 0 Å². The molecule has 1 aliphatic rings. The Morgan fingerprint density at radius 3 is 2.21 bits per heavy atom. The molecule has 2 aromatic carbocycles. The molecule has 1 saturated heterocycles. The molecular weight excluding hydrogens is 456 g/mol. The number of piperazine rings is 1. The molecule has 1 aliphatic heterocycles. The zero-order valence-electron chi connectivity index (χ0n) is 18.8. The summed E-state index contributed by atoms with van der Waals surface area (Å²) >= 11 is 0.